The van der Waals surface area contributed by atoms with Crippen molar-refractivity contribution >= 4 is 5.95 Å². The maximum absolute atomic E-state index is 13.1. The lowest BCUT2D eigenvalue weighted by Crippen LogP contribution is -2.51. The second kappa shape index (κ2) is 4.89. The molecule has 0 amide bonds. The fourth-order valence-corrected chi connectivity index (χ4v) is 1.80. The average Bonchev–Trinajstić information content (AvgIpc) is 2.38. The molecule has 0 bridgehead atoms. The van der Waals surface area contributed by atoms with Gasteiger partial charge in [0.2, 0.25) is 5.95 Å². The first-order valence-electron chi connectivity index (χ1n) is 5.97. The number of nitrogens with one attached hydrogen (secondary N) is 2. The first kappa shape index (κ1) is 12.0. The number of aromatic nitrogens is 2. The maximum Gasteiger partial charge on any atom is 0.222 e. The monoisotopic (exact) mass is 262 g/mol. The van der Waals surface area contributed by atoms with Crippen molar-refractivity contribution in [3.05, 3.63) is 42.2 Å². The number of hydrogen-bond acceptors (Lipinski definition) is 4. The van der Waals surface area contributed by atoms with E-state index in [0.717, 1.165) is 25.2 Å². The molecular weight excluding hydrogens is 250 g/mol. The SMILES string of the molecule is Fc1ccc(-c2cnc(NC3CNC3)nc2)cc1F. The minimum absolute atomic E-state index is 0.356. The standard InChI is InChI=1S/C13H12F2N4/c14-11-2-1-8(3-12(11)15)9-4-17-13(18-5-9)19-10-6-16-7-10/h1-5,10,16H,6-7H2,(H,17,18,19). The molecule has 98 valence electrons. The first-order chi connectivity index (χ1) is 9.22. The molecule has 4 nitrogen and oxygen atoms in total. The molecule has 1 aromatic heterocycles. The van der Waals surface area contributed by atoms with Gasteiger partial charge in [-0.3, -0.25) is 0 Å². The third kappa shape index (κ3) is 2.53. The lowest BCUT2D eigenvalue weighted by molar-refractivity contribution is 0.469. The van der Waals surface area contributed by atoms with Gasteiger partial charge in [-0.2, -0.15) is 0 Å². The Morgan fingerprint density at radius 3 is 2.37 bits per heavy atom. The number of anilines is 1. The van der Waals surface area contributed by atoms with Crippen molar-refractivity contribution in [3.8, 4) is 11.1 Å². The Morgan fingerprint density at radius 1 is 1.05 bits per heavy atom. The van der Waals surface area contributed by atoms with Crippen LogP contribution in [0.15, 0.2) is 30.6 Å². The largest absolute Gasteiger partial charge is 0.349 e. The van der Waals surface area contributed by atoms with E-state index >= 15 is 0 Å². The van der Waals surface area contributed by atoms with Crippen LogP contribution in [0.25, 0.3) is 11.1 Å². The van der Waals surface area contributed by atoms with Gasteiger partial charge in [-0.05, 0) is 17.7 Å². The van der Waals surface area contributed by atoms with Gasteiger partial charge in [0.25, 0.3) is 0 Å². The third-order valence-corrected chi connectivity index (χ3v) is 3.02. The van der Waals surface area contributed by atoms with Crippen molar-refractivity contribution in [1.82, 2.24) is 15.3 Å². The van der Waals surface area contributed by atoms with Crippen molar-refractivity contribution < 1.29 is 8.78 Å². The van der Waals surface area contributed by atoms with Crippen molar-refractivity contribution in [2.75, 3.05) is 18.4 Å². The Balaban J connectivity index is 1.78. The van der Waals surface area contributed by atoms with Crippen LogP contribution >= 0.6 is 0 Å². The topological polar surface area (TPSA) is 49.8 Å². The van der Waals surface area contributed by atoms with Crippen molar-refractivity contribution in [2.45, 2.75) is 6.04 Å². The van der Waals surface area contributed by atoms with Gasteiger partial charge in [0.15, 0.2) is 11.6 Å². The second-order valence-corrected chi connectivity index (χ2v) is 4.42. The molecule has 0 aliphatic carbocycles. The molecule has 0 spiro atoms. The summed E-state index contributed by atoms with van der Waals surface area (Å²) < 4.78 is 26.0. The van der Waals surface area contributed by atoms with Crippen LogP contribution in [0.4, 0.5) is 14.7 Å². The van der Waals surface area contributed by atoms with E-state index in [1.54, 1.807) is 12.4 Å². The number of benzene rings is 1. The zero-order valence-corrected chi connectivity index (χ0v) is 10.0. The molecule has 1 aliphatic heterocycles. The summed E-state index contributed by atoms with van der Waals surface area (Å²) in [5, 5.41) is 6.29. The van der Waals surface area contributed by atoms with Crippen LogP contribution in [0.2, 0.25) is 0 Å². The number of halogens is 2. The van der Waals surface area contributed by atoms with Gasteiger partial charge in [-0.15, -0.1) is 0 Å². The Bertz CT molecular complexity index is 582. The summed E-state index contributed by atoms with van der Waals surface area (Å²) in [5.74, 6) is -1.20. The van der Waals surface area contributed by atoms with Crippen molar-refractivity contribution in [1.29, 1.82) is 0 Å². The predicted molar refractivity (Wildman–Crippen MR) is 67.7 cm³/mol. The van der Waals surface area contributed by atoms with Crippen LogP contribution in [0, 0.1) is 11.6 Å². The molecule has 1 aromatic carbocycles. The van der Waals surface area contributed by atoms with Crippen LogP contribution in [0.1, 0.15) is 0 Å². The molecule has 1 aliphatic rings. The highest BCUT2D eigenvalue weighted by Gasteiger charge is 2.16. The van der Waals surface area contributed by atoms with Crippen molar-refractivity contribution in [2.24, 2.45) is 0 Å². The smallest absolute Gasteiger partial charge is 0.222 e. The van der Waals surface area contributed by atoms with E-state index in [2.05, 4.69) is 20.6 Å². The van der Waals surface area contributed by atoms with Crippen LogP contribution in [0.5, 0.6) is 0 Å². The van der Waals surface area contributed by atoms with Gasteiger partial charge < -0.3 is 10.6 Å². The average molecular weight is 262 g/mol. The van der Waals surface area contributed by atoms with E-state index in [-0.39, 0.29) is 0 Å². The summed E-state index contributed by atoms with van der Waals surface area (Å²) in [6.45, 7) is 1.79. The molecule has 19 heavy (non-hydrogen) atoms. The van der Waals surface area contributed by atoms with Gasteiger partial charge >= 0.3 is 0 Å². The summed E-state index contributed by atoms with van der Waals surface area (Å²) in [6.07, 6.45) is 3.18. The molecule has 0 saturated carbocycles. The van der Waals surface area contributed by atoms with Crippen LogP contribution < -0.4 is 10.6 Å². The normalized spacial score (nSPS) is 15.1. The molecular formula is C13H12F2N4. The summed E-state index contributed by atoms with van der Waals surface area (Å²) >= 11 is 0. The van der Waals surface area contributed by atoms with E-state index in [9.17, 15) is 8.78 Å². The molecule has 6 heteroatoms. The Morgan fingerprint density at radius 2 is 1.79 bits per heavy atom. The molecule has 2 N–H and O–H groups in total. The van der Waals surface area contributed by atoms with Gasteiger partial charge in [-0.1, -0.05) is 6.07 Å². The fraction of sp³-hybridized carbons (Fsp3) is 0.231. The van der Waals surface area contributed by atoms with Crippen LogP contribution in [-0.4, -0.2) is 29.1 Å². The second-order valence-electron chi connectivity index (χ2n) is 4.42. The van der Waals surface area contributed by atoms with E-state index in [1.807, 2.05) is 0 Å². The molecule has 0 radical (unpaired) electrons. The van der Waals surface area contributed by atoms with E-state index in [0.29, 0.717) is 23.1 Å². The quantitative estimate of drug-likeness (QED) is 0.885. The minimum atomic E-state index is -0.875. The van der Waals surface area contributed by atoms with Crippen LogP contribution in [0.3, 0.4) is 0 Å². The van der Waals surface area contributed by atoms with E-state index in [4.69, 9.17) is 0 Å². The molecule has 2 heterocycles. The zero-order chi connectivity index (χ0) is 13.2. The Hall–Kier alpha value is -2.08. The van der Waals surface area contributed by atoms with E-state index in [1.165, 1.54) is 6.07 Å². The lowest BCUT2D eigenvalue weighted by Gasteiger charge is -2.27. The highest BCUT2D eigenvalue weighted by molar-refractivity contribution is 5.62. The van der Waals surface area contributed by atoms with Crippen molar-refractivity contribution in [3.63, 3.8) is 0 Å². The lowest BCUT2D eigenvalue weighted by atomic mass is 10.1. The summed E-state index contributed by atoms with van der Waals surface area (Å²) in [5.41, 5.74) is 1.20. The molecule has 0 atom stereocenters. The predicted octanol–water partition coefficient (Wildman–Crippen LogP) is 1.81. The number of hydrogen-bond donors (Lipinski definition) is 2. The molecule has 1 saturated heterocycles. The van der Waals surface area contributed by atoms with Crippen LogP contribution in [-0.2, 0) is 0 Å². The van der Waals surface area contributed by atoms with Gasteiger partial charge in [0, 0.05) is 31.0 Å². The molecule has 3 rings (SSSR count). The summed E-state index contributed by atoms with van der Waals surface area (Å²) in [6, 6.07) is 4.09. The Kier molecular flexibility index (Phi) is 3.08. The first-order valence-corrected chi connectivity index (χ1v) is 5.97. The zero-order valence-electron chi connectivity index (χ0n) is 10.0. The highest BCUT2D eigenvalue weighted by atomic mass is 19.2. The minimum Gasteiger partial charge on any atom is -0.349 e. The molecule has 2 aromatic rings. The van der Waals surface area contributed by atoms with Gasteiger partial charge in [0.1, 0.15) is 0 Å². The maximum atomic E-state index is 13.1. The molecule has 1 fully saturated rings. The third-order valence-electron chi connectivity index (χ3n) is 3.02. The summed E-state index contributed by atoms with van der Waals surface area (Å²) in [7, 11) is 0. The van der Waals surface area contributed by atoms with Gasteiger partial charge in [-0.25, -0.2) is 18.7 Å². The van der Waals surface area contributed by atoms with Gasteiger partial charge in [0.05, 0.1) is 6.04 Å². The highest BCUT2D eigenvalue weighted by Crippen LogP contribution is 2.20. The Labute approximate surface area is 108 Å². The fourth-order valence-electron chi connectivity index (χ4n) is 1.80. The molecule has 0 unspecified atom stereocenters. The number of nitrogens with zero attached hydrogens (tertiary/aromatic N) is 2. The van der Waals surface area contributed by atoms with E-state index < -0.39 is 11.6 Å². The summed E-state index contributed by atoms with van der Waals surface area (Å²) in [4.78, 5) is 8.33. The number of rotatable bonds is 3.